The van der Waals surface area contributed by atoms with Crippen LogP contribution in [0.1, 0.15) is 5.56 Å². The summed E-state index contributed by atoms with van der Waals surface area (Å²) in [6.07, 6.45) is 1.60. The average molecular weight is 499 g/mol. The molecule has 0 unspecified atom stereocenters. The van der Waals surface area contributed by atoms with Crippen LogP contribution in [0.15, 0.2) is 49.1 Å². The van der Waals surface area contributed by atoms with Crippen LogP contribution in [0.4, 0.5) is 0 Å². The number of hydrogen-bond donors (Lipinski definition) is 0. The molecule has 1 aliphatic heterocycles. The molecule has 8 heteroatoms. The zero-order valence-corrected chi connectivity index (χ0v) is 16.8. The molecular formula is C15H8Br2Cl2O3S. The van der Waals surface area contributed by atoms with Crippen molar-refractivity contribution >= 4 is 71.0 Å². The fraction of sp³-hybridized carbons (Fsp3) is 0.0667. The van der Waals surface area contributed by atoms with E-state index in [-0.39, 0.29) is 21.4 Å². The summed E-state index contributed by atoms with van der Waals surface area (Å²) in [4.78, 5) is 0.243. The Kier molecular flexibility index (Phi) is 4.82. The first-order valence-electron chi connectivity index (χ1n) is 6.31. The summed E-state index contributed by atoms with van der Waals surface area (Å²) in [6, 6.07) is 7.86. The van der Waals surface area contributed by atoms with Crippen LogP contribution in [0.2, 0.25) is 10.0 Å². The molecule has 3 rings (SSSR count). The molecule has 1 aliphatic rings. The molecule has 0 amide bonds. The first-order valence-corrected chi connectivity index (χ1v) is 10.1. The molecule has 23 heavy (non-hydrogen) atoms. The third kappa shape index (κ3) is 3.33. The molecule has 0 N–H and O–H groups in total. The number of ether oxygens (including phenoxy) is 1. The minimum absolute atomic E-state index is 0.0458. The summed E-state index contributed by atoms with van der Waals surface area (Å²) in [5, 5.41) is 0.494. The molecule has 2 aromatic rings. The Morgan fingerprint density at radius 3 is 2.48 bits per heavy atom. The lowest BCUT2D eigenvalue weighted by molar-refractivity contribution is 0.351. The van der Waals surface area contributed by atoms with Gasteiger partial charge in [-0.3, -0.25) is 0 Å². The minimum Gasteiger partial charge on any atom is -0.486 e. The quantitative estimate of drug-likeness (QED) is 0.531. The second-order valence-corrected chi connectivity index (χ2v) is 9.37. The van der Waals surface area contributed by atoms with Gasteiger partial charge in [0.25, 0.3) is 0 Å². The van der Waals surface area contributed by atoms with Crippen molar-refractivity contribution in [3.05, 3.63) is 59.8 Å². The average Bonchev–Trinajstić information content (AvgIpc) is 2.49. The summed E-state index contributed by atoms with van der Waals surface area (Å²) in [6.45, 7) is -0.0458. The molecule has 3 nitrogen and oxygen atoms in total. The van der Waals surface area contributed by atoms with Gasteiger partial charge >= 0.3 is 0 Å². The van der Waals surface area contributed by atoms with Crippen molar-refractivity contribution in [2.75, 3.05) is 6.61 Å². The van der Waals surface area contributed by atoms with Crippen LogP contribution in [-0.4, -0.2) is 15.0 Å². The van der Waals surface area contributed by atoms with E-state index in [2.05, 4.69) is 31.9 Å². The molecule has 0 radical (unpaired) electrons. The van der Waals surface area contributed by atoms with Crippen molar-refractivity contribution in [3.63, 3.8) is 0 Å². The number of sulfone groups is 1. The largest absolute Gasteiger partial charge is 0.486 e. The fourth-order valence-corrected chi connectivity index (χ4v) is 5.20. The molecule has 0 saturated heterocycles. The summed E-state index contributed by atoms with van der Waals surface area (Å²) in [7, 11) is -3.71. The van der Waals surface area contributed by atoms with Gasteiger partial charge in [-0.1, -0.05) is 39.1 Å². The summed E-state index contributed by atoms with van der Waals surface area (Å²) >= 11 is 18.5. The van der Waals surface area contributed by atoms with E-state index in [1.165, 1.54) is 18.2 Å². The molecule has 120 valence electrons. The van der Waals surface area contributed by atoms with Gasteiger partial charge in [0.2, 0.25) is 9.84 Å². The molecule has 0 atom stereocenters. The predicted octanol–water partition coefficient (Wildman–Crippen LogP) is 5.73. The smallest absolute Gasteiger partial charge is 0.206 e. The number of rotatable bonds is 2. The minimum atomic E-state index is -3.71. The van der Waals surface area contributed by atoms with Crippen molar-refractivity contribution in [2.24, 2.45) is 0 Å². The second kappa shape index (κ2) is 6.41. The summed E-state index contributed by atoms with van der Waals surface area (Å²) < 4.78 is 32.7. The standard InChI is InChI=1S/C15H8Br2Cl2O3S/c16-9-3-8-4-11(7-22-15(8)12(17)5-9)23(20,21)10-1-2-13(18)14(19)6-10/h1-6H,7H2. The topological polar surface area (TPSA) is 43.4 Å². The van der Waals surface area contributed by atoms with Crippen LogP contribution < -0.4 is 4.74 Å². The summed E-state index contributed by atoms with van der Waals surface area (Å²) in [5.41, 5.74) is 0.677. The molecule has 0 saturated carbocycles. The Hall–Kier alpha value is -0.530. The lowest BCUT2D eigenvalue weighted by Gasteiger charge is -2.19. The highest BCUT2D eigenvalue weighted by atomic mass is 79.9. The van der Waals surface area contributed by atoms with E-state index < -0.39 is 9.84 Å². The van der Waals surface area contributed by atoms with Crippen LogP contribution in [0.25, 0.3) is 6.08 Å². The number of hydrogen-bond acceptors (Lipinski definition) is 3. The van der Waals surface area contributed by atoms with E-state index >= 15 is 0 Å². The third-order valence-corrected chi connectivity index (χ3v) is 6.85. The Bertz CT molecular complexity index is 940. The molecule has 0 aliphatic carbocycles. The molecule has 0 fully saturated rings. The number of benzene rings is 2. The van der Waals surface area contributed by atoms with E-state index in [0.717, 1.165) is 8.95 Å². The van der Waals surface area contributed by atoms with Gasteiger partial charge < -0.3 is 4.74 Å². The van der Waals surface area contributed by atoms with Gasteiger partial charge in [0.1, 0.15) is 12.4 Å². The summed E-state index contributed by atoms with van der Waals surface area (Å²) in [5.74, 6) is 0.612. The lowest BCUT2D eigenvalue weighted by Crippen LogP contribution is -2.16. The Morgan fingerprint density at radius 2 is 1.78 bits per heavy atom. The van der Waals surface area contributed by atoms with Crippen molar-refractivity contribution in [1.29, 1.82) is 0 Å². The normalized spacial score (nSPS) is 14.0. The van der Waals surface area contributed by atoms with Gasteiger partial charge in [0.15, 0.2) is 0 Å². The third-order valence-electron chi connectivity index (χ3n) is 3.26. The maximum absolute atomic E-state index is 12.8. The first kappa shape index (κ1) is 17.3. The fourth-order valence-electron chi connectivity index (χ4n) is 2.15. The van der Waals surface area contributed by atoms with E-state index in [0.29, 0.717) is 16.3 Å². The SMILES string of the molecule is O=S(=O)(C1=Cc2cc(Br)cc(Br)c2OC1)c1ccc(Cl)c(Cl)c1. The monoisotopic (exact) mass is 496 g/mol. The van der Waals surface area contributed by atoms with Crippen molar-refractivity contribution in [3.8, 4) is 5.75 Å². The Morgan fingerprint density at radius 1 is 1.04 bits per heavy atom. The Labute approximate surface area is 160 Å². The molecule has 0 spiro atoms. The predicted molar refractivity (Wildman–Crippen MR) is 99.0 cm³/mol. The van der Waals surface area contributed by atoms with E-state index in [1.807, 2.05) is 6.07 Å². The first-order chi connectivity index (χ1) is 10.8. The van der Waals surface area contributed by atoms with Crippen LogP contribution in [-0.2, 0) is 9.84 Å². The van der Waals surface area contributed by atoms with Crippen molar-refractivity contribution in [1.82, 2.24) is 0 Å². The maximum atomic E-state index is 12.8. The van der Waals surface area contributed by atoms with E-state index in [4.69, 9.17) is 27.9 Å². The molecule has 0 bridgehead atoms. The van der Waals surface area contributed by atoms with Crippen LogP contribution in [0.5, 0.6) is 5.75 Å². The molecule has 0 aromatic heterocycles. The van der Waals surface area contributed by atoms with Gasteiger partial charge in [-0.05, 0) is 52.3 Å². The maximum Gasteiger partial charge on any atom is 0.206 e. The van der Waals surface area contributed by atoms with Crippen molar-refractivity contribution in [2.45, 2.75) is 4.90 Å². The van der Waals surface area contributed by atoms with Crippen LogP contribution in [0.3, 0.4) is 0 Å². The van der Waals surface area contributed by atoms with E-state index in [9.17, 15) is 8.42 Å². The number of halogens is 4. The highest BCUT2D eigenvalue weighted by molar-refractivity contribution is 9.11. The van der Waals surface area contributed by atoms with Gasteiger partial charge in [-0.15, -0.1) is 0 Å². The molecule has 1 heterocycles. The zero-order chi connectivity index (χ0) is 16.8. The zero-order valence-electron chi connectivity index (χ0n) is 11.3. The highest BCUT2D eigenvalue weighted by Crippen LogP contribution is 2.39. The number of fused-ring (bicyclic) bond motifs is 1. The second-order valence-electron chi connectivity index (χ2n) is 4.78. The Balaban J connectivity index is 2.10. The van der Waals surface area contributed by atoms with Gasteiger partial charge in [-0.25, -0.2) is 8.42 Å². The van der Waals surface area contributed by atoms with Crippen LogP contribution in [0, 0.1) is 0 Å². The van der Waals surface area contributed by atoms with Crippen LogP contribution >= 0.6 is 55.1 Å². The van der Waals surface area contributed by atoms with Gasteiger partial charge in [0.05, 0.1) is 24.3 Å². The molecule has 2 aromatic carbocycles. The van der Waals surface area contributed by atoms with Gasteiger partial charge in [-0.2, -0.15) is 0 Å². The van der Waals surface area contributed by atoms with E-state index in [1.54, 1.807) is 12.1 Å². The lowest BCUT2D eigenvalue weighted by atomic mass is 10.1. The highest BCUT2D eigenvalue weighted by Gasteiger charge is 2.26. The molecular weight excluding hydrogens is 491 g/mol. The van der Waals surface area contributed by atoms with Crippen molar-refractivity contribution < 1.29 is 13.2 Å². The van der Waals surface area contributed by atoms with Gasteiger partial charge in [0, 0.05) is 10.0 Å².